The van der Waals surface area contributed by atoms with Crippen LogP contribution in [0.25, 0.3) is 6.20 Å². The molecule has 2 atom stereocenters. The van der Waals surface area contributed by atoms with E-state index in [9.17, 15) is 14.7 Å². The number of carbonyl (C=O) groups is 2. The van der Waals surface area contributed by atoms with Crippen LogP contribution in [-0.4, -0.2) is 51.5 Å². The van der Waals surface area contributed by atoms with E-state index in [1.807, 2.05) is 19.9 Å². The maximum absolute atomic E-state index is 13.3. The third-order valence-electron chi connectivity index (χ3n) is 6.67. The highest BCUT2D eigenvalue weighted by Gasteiger charge is 2.41. The van der Waals surface area contributed by atoms with Crippen molar-refractivity contribution in [2.24, 2.45) is 23.7 Å². The quantitative estimate of drug-likeness (QED) is 0.525. The van der Waals surface area contributed by atoms with E-state index in [0.29, 0.717) is 35.8 Å². The lowest BCUT2D eigenvalue weighted by molar-refractivity contribution is -0.120. The van der Waals surface area contributed by atoms with Crippen LogP contribution in [0, 0.1) is 23.7 Å². The Kier molecular flexibility index (Phi) is 8.21. The zero-order valence-electron chi connectivity index (χ0n) is 20.6. The summed E-state index contributed by atoms with van der Waals surface area (Å²) < 4.78 is 7.58. The Hall–Kier alpha value is -2.35. The second-order valence-corrected chi connectivity index (χ2v) is 10.7. The molecule has 0 spiro atoms. The van der Waals surface area contributed by atoms with Gasteiger partial charge in [0.15, 0.2) is 0 Å². The van der Waals surface area contributed by atoms with Crippen molar-refractivity contribution in [2.45, 2.75) is 78.3 Å². The molecular weight excluding hydrogens is 420 g/mol. The first-order valence-electron chi connectivity index (χ1n) is 12.2. The summed E-state index contributed by atoms with van der Waals surface area (Å²) in [6, 6.07) is 0.129. The van der Waals surface area contributed by atoms with E-state index in [2.05, 4.69) is 29.6 Å². The summed E-state index contributed by atoms with van der Waals surface area (Å²) in [6.45, 7) is 10.0. The Morgan fingerprint density at radius 3 is 2.55 bits per heavy atom. The number of amides is 2. The zero-order valence-corrected chi connectivity index (χ0v) is 20.6. The lowest BCUT2D eigenvalue weighted by Gasteiger charge is -2.45. The van der Waals surface area contributed by atoms with Crippen LogP contribution in [0.4, 0.5) is 0 Å². The van der Waals surface area contributed by atoms with Gasteiger partial charge in [-0.1, -0.05) is 20.3 Å². The first-order valence-corrected chi connectivity index (χ1v) is 12.2. The van der Waals surface area contributed by atoms with Crippen LogP contribution in [0.3, 0.4) is 0 Å². The van der Waals surface area contributed by atoms with Crippen LogP contribution in [0.2, 0.25) is 0 Å². The van der Waals surface area contributed by atoms with Gasteiger partial charge in [-0.3, -0.25) is 9.59 Å². The van der Waals surface area contributed by atoms with E-state index in [0.717, 1.165) is 25.7 Å². The molecular formula is C25H40N4O4. The highest BCUT2D eigenvalue weighted by atomic mass is 16.5. The largest absolute Gasteiger partial charge is 0.477 e. The summed E-state index contributed by atoms with van der Waals surface area (Å²) in [4.78, 5) is 24.8. The number of ether oxygens (including phenoxy) is 1. The minimum Gasteiger partial charge on any atom is -0.477 e. The molecule has 1 heterocycles. The van der Waals surface area contributed by atoms with E-state index in [-0.39, 0.29) is 30.4 Å². The summed E-state index contributed by atoms with van der Waals surface area (Å²) in [5.74, 6) is 1.57. The van der Waals surface area contributed by atoms with Crippen molar-refractivity contribution in [3.63, 3.8) is 0 Å². The standard InChI is InChI=1S/C25H40N4O4/c1-16(2)15-33-24-21(13-26-29(24)10-9-25(4,5)28-17(3)31)23(32)27-22-19-7-6-8-20(22)12-18(11-19)14-30/h9-10,13,16,18-20,22,30H,6-8,11-12,14-15H2,1-5H3,(H,27,32)(H,28,31). The van der Waals surface area contributed by atoms with E-state index < -0.39 is 5.54 Å². The normalized spacial score (nSPS) is 25.3. The predicted molar refractivity (Wildman–Crippen MR) is 128 cm³/mol. The predicted octanol–water partition coefficient (Wildman–Crippen LogP) is 3.22. The molecule has 2 saturated carbocycles. The van der Waals surface area contributed by atoms with Crippen molar-refractivity contribution in [3.05, 3.63) is 17.8 Å². The summed E-state index contributed by atoms with van der Waals surface area (Å²) in [7, 11) is 0. The maximum atomic E-state index is 13.3. The van der Waals surface area contributed by atoms with Gasteiger partial charge in [-0.15, -0.1) is 0 Å². The average molecular weight is 461 g/mol. The number of fused-ring (bicyclic) bond motifs is 2. The highest BCUT2D eigenvalue weighted by molar-refractivity contribution is 5.96. The first-order chi connectivity index (χ1) is 15.6. The highest BCUT2D eigenvalue weighted by Crippen LogP contribution is 2.43. The summed E-state index contributed by atoms with van der Waals surface area (Å²) >= 11 is 0. The van der Waals surface area contributed by atoms with Gasteiger partial charge in [0, 0.05) is 25.8 Å². The van der Waals surface area contributed by atoms with Crippen LogP contribution < -0.4 is 15.4 Å². The lowest BCUT2D eigenvalue weighted by atomic mass is 9.65. The molecule has 1 aromatic rings. The van der Waals surface area contributed by atoms with Crippen molar-refractivity contribution >= 4 is 18.0 Å². The monoisotopic (exact) mass is 460 g/mol. The van der Waals surface area contributed by atoms with Crippen LogP contribution in [0.5, 0.6) is 5.88 Å². The summed E-state index contributed by atoms with van der Waals surface area (Å²) in [5.41, 5.74) is -0.154. The van der Waals surface area contributed by atoms with Gasteiger partial charge in [0.25, 0.3) is 5.91 Å². The molecule has 1 aromatic heterocycles. The maximum Gasteiger partial charge on any atom is 0.258 e. The number of hydrogen-bond donors (Lipinski definition) is 3. The number of hydrogen-bond acceptors (Lipinski definition) is 5. The van der Waals surface area contributed by atoms with Gasteiger partial charge in [-0.25, -0.2) is 4.68 Å². The molecule has 0 aromatic carbocycles. The molecule has 0 aliphatic heterocycles. The number of aromatic nitrogens is 2. The second kappa shape index (κ2) is 10.7. The van der Waals surface area contributed by atoms with Crippen LogP contribution in [-0.2, 0) is 4.79 Å². The molecule has 8 heteroatoms. The van der Waals surface area contributed by atoms with Gasteiger partial charge in [0.2, 0.25) is 11.8 Å². The van der Waals surface area contributed by atoms with Gasteiger partial charge in [-0.05, 0) is 69.3 Å². The van der Waals surface area contributed by atoms with E-state index >= 15 is 0 Å². The minimum absolute atomic E-state index is 0.122. The van der Waals surface area contributed by atoms with E-state index in [1.54, 1.807) is 17.1 Å². The molecule has 3 N–H and O–H groups in total. The minimum atomic E-state index is -0.571. The Morgan fingerprint density at radius 1 is 1.30 bits per heavy atom. The zero-order chi connectivity index (χ0) is 24.2. The molecule has 2 aliphatic carbocycles. The summed E-state index contributed by atoms with van der Waals surface area (Å²) in [5, 5.41) is 20.2. The van der Waals surface area contributed by atoms with Gasteiger partial charge >= 0.3 is 0 Å². The van der Waals surface area contributed by atoms with Gasteiger partial charge in [0.1, 0.15) is 5.56 Å². The number of nitrogens with zero attached hydrogens (tertiary/aromatic N) is 2. The fourth-order valence-electron chi connectivity index (χ4n) is 5.24. The number of nitrogens with one attached hydrogen (secondary N) is 2. The molecule has 33 heavy (non-hydrogen) atoms. The molecule has 184 valence electrons. The first kappa shape index (κ1) is 25.3. The van der Waals surface area contributed by atoms with Crippen molar-refractivity contribution < 1.29 is 19.4 Å². The number of aliphatic hydroxyl groups excluding tert-OH is 1. The van der Waals surface area contributed by atoms with Crippen molar-refractivity contribution in [1.82, 2.24) is 20.4 Å². The van der Waals surface area contributed by atoms with E-state index in [4.69, 9.17) is 4.74 Å². The topological polar surface area (TPSA) is 105 Å². The van der Waals surface area contributed by atoms with Crippen LogP contribution in [0.15, 0.2) is 12.3 Å². The van der Waals surface area contributed by atoms with Crippen molar-refractivity contribution in [2.75, 3.05) is 13.2 Å². The van der Waals surface area contributed by atoms with Crippen molar-refractivity contribution in [1.29, 1.82) is 0 Å². The molecule has 2 amide bonds. The fourth-order valence-corrected chi connectivity index (χ4v) is 5.24. The molecule has 3 rings (SSSR count). The molecule has 0 radical (unpaired) electrons. The molecule has 2 fully saturated rings. The SMILES string of the molecule is CC(=O)NC(C)(C)C=Cn1ncc(C(=O)NC2C3CCCC2CC(CO)C3)c1OCC(C)C. The second-order valence-electron chi connectivity index (χ2n) is 10.7. The average Bonchev–Trinajstić information content (AvgIpc) is 3.12. The third kappa shape index (κ3) is 6.59. The van der Waals surface area contributed by atoms with Crippen molar-refractivity contribution in [3.8, 4) is 5.88 Å². The van der Waals surface area contributed by atoms with Crippen LogP contribution >= 0.6 is 0 Å². The van der Waals surface area contributed by atoms with E-state index in [1.165, 1.54) is 13.3 Å². The number of rotatable bonds is 9. The Bertz CT molecular complexity index is 847. The fraction of sp³-hybridized carbons (Fsp3) is 0.720. The Balaban J connectivity index is 1.80. The number of carbonyl (C=O) groups excluding carboxylic acids is 2. The Labute approximate surface area is 197 Å². The Morgan fingerprint density at radius 2 is 1.97 bits per heavy atom. The molecule has 2 aliphatic rings. The third-order valence-corrected chi connectivity index (χ3v) is 6.67. The molecule has 8 nitrogen and oxygen atoms in total. The van der Waals surface area contributed by atoms with Gasteiger partial charge in [0.05, 0.1) is 18.3 Å². The molecule has 0 saturated heterocycles. The lowest BCUT2D eigenvalue weighted by Crippen LogP contribution is -2.51. The molecule has 2 bridgehead atoms. The summed E-state index contributed by atoms with van der Waals surface area (Å²) in [6.07, 6.45) is 10.4. The number of aliphatic hydroxyl groups is 1. The van der Waals surface area contributed by atoms with Gasteiger partial charge in [-0.2, -0.15) is 5.10 Å². The molecule has 2 unspecified atom stereocenters. The van der Waals surface area contributed by atoms with Crippen LogP contribution in [0.1, 0.15) is 77.1 Å². The smallest absolute Gasteiger partial charge is 0.258 e. The van der Waals surface area contributed by atoms with Gasteiger partial charge < -0.3 is 20.5 Å².